The van der Waals surface area contributed by atoms with E-state index in [-0.39, 0.29) is 5.91 Å². The number of ether oxygens (including phenoxy) is 3. The van der Waals surface area contributed by atoms with Gasteiger partial charge in [-0.15, -0.1) is 0 Å². The Morgan fingerprint density at radius 2 is 1.86 bits per heavy atom. The smallest absolute Gasteiger partial charge is 0.338 e. The van der Waals surface area contributed by atoms with Crippen molar-refractivity contribution in [2.24, 2.45) is 0 Å². The zero-order valence-electron chi connectivity index (χ0n) is 13.3. The van der Waals surface area contributed by atoms with Crippen LogP contribution in [-0.2, 0) is 14.3 Å². The van der Waals surface area contributed by atoms with Gasteiger partial charge in [0.05, 0.1) is 18.8 Å². The van der Waals surface area contributed by atoms with Gasteiger partial charge in [-0.1, -0.05) is 6.92 Å². The molecular weight excluding hydrogens is 286 g/mol. The minimum absolute atomic E-state index is 0.353. The predicted molar refractivity (Wildman–Crippen MR) is 82.0 cm³/mol. The van der Waals surface area contributed by atoms with Crippen LogP contribution in [0.4, 0.5) is 0 Å². The van der Waals surface area contributed by atoms with Crippen LogP contribution in [0.15, 0.2) is 24.3 Å². The Hall–Kier alpha value is -2.08. The third-order valence-corrected chi connectivity index (χ3v) is 2.82. The molecule has 1 amide bonds. The first-order chi connectivity index (χ1) is 10.6. The van der Waals surface area contributed by atoms with Crippen molar-refractivity contribution < 1.29 is 23.8 Å². The number of hydrogen-bond acceptors (Lipinski definition) is 5. The van der Waals surface area contributed by atoms with Gasteiger partial charge in [0.25, 0.3) is 5.91 Å². The van der Waals surface area contributed by atoms with E-state index in [9.17, 15) is 9.59 Å². The Bertz CT molecular complexity index is 472. The summed E-state index contributed by atoms with van der Waals surface area (Å²) in [4.78, 5) is 23.6. The van der Waals surface area contributed by atoms with Gasteiger partial charge < -0.3 is 19.5 Å². The first-order valence-corrected chi connectivity index (χ1v) is 7.29. The van der Waals surface area contributed by atoms with Crippen molar-refractivity contribution >= 4 is 11.9 Å². The molecule has 0 radical (unpaired) electrons. The summed E-state index contributed by atoms with van der Waals surface area (Å²) in [6.07, 6.45) is 0.0554. The fraction of sp³-hybridized carbons (Fsp3) is 0.500. The molecule has 0 spiro atoms. The standard InChI is InChI=1S/C16H23NO5/c1-4-10-21-14-7-5-13(6-8-14)16(19)22-12(2)15(18)17-9-11-20-3/h5-8,12H,4,9-11H2,1-3H3,(H,17,18)/t12-/m1/s1. The lowest BCUT2D eigenvalue weighted by atomic mass is 10.2. The van der Waals surface area contributed by atoms with Gasteiger partial charge >= 0.3 is 5.97 Å². The molecular formula is C16H23NO5. The van der Waals surface area contributed by atoms with Crippen LogP contribution in [0.2, 0.25) is 0 Å². The summed E-state index contributed by atoms with van der Waals surface area (Å²) in [5, 5.41) is 2.61. The number of amides is 1. The normalized spacial score (nSPS) is 11.6. The average Bonchev–Trinajstić information content (AvgIpc) is 2.53. The van der Waals surface area contributed by atoms with Gasteiger partial charge in [-0.25, -0.2) is 4.79 Å². The van der Waals surface area contributed by atoms with E-state index in [2.05, 4.69) is 5.32 Å². The maximum absolute atomic E-state index is 11.9. The highest BCUT2D eigenvalue weighted by molar-refractivity contribution is 5.92. The minimum atomic E-state index is -0.861. The molecule has 0 aliphatic rings. The van der Waals surface area contributed by atoms with Crippen molar-refractivity contribution in [1.29, 1.82) is 0 Å². The highest BCUT2D eigenvalue weighted by Gasteiger charge is 2.18. The van der Waals surface area contributed by atoms with Gasteiger partial charge in [-0.05, 0) is 37.6 Å². The highest BCUT2D eigenvalue weighted by atomic mass is 16.5. The lowest BCUT2D eigenvalue weighted by molar-refractivity contribution is -0.129. The molecule has 0 aromatic heterocycles. The molecule has 0 aliphatic carbocycles. The van der Waals surface area contributed by atoms with Gasteiger partial charge in [-0.3, -0.25) is 4.79 Å². The lowest BCUT2D eigenvalue weighted by Gasteiger charge is -2.13. The maximum Gasteiger partial charge on any atom is 0.338 e. The summed E-state index contributed by atoms with van der Waals surface area (Å²) in [7, 11) is 1.55. The van der Waals surface area contributed by atoms with Crippen LogP contribution in [0.3, 0.4) is 0 Å². The molecule has 0 fully saturated rings. The molecule has 0 unspecified atom stereocenters. The number of carbonyl (C=O) groups is 2. The summed E-state index contributed by atoms with van der Waals surface area (Å²) in [6.45, 7) is 4.96. The molecule has 0 bridgehead atoms. The molecule has 1 N–H and O–H groups in total. The molecule has 0 saturated carbocycles. The highest BCUT2D eigenvalue weighted by Crippen LogP contribution is 2.13. The molecule has 0 aliphatic heterocycles. The molecule has 1 atom stereocenters. The van der Waals surface area contributed by atoms with Gasteiger partial charge in [0.1, 0.15) is 5.75 Å². The van der Waals surface area contributed by atoms with E-state index < -0.39 is 12.1 Å². The second-order valence-corrected chi connectivity index (χ2v) is 4.70. The molecule has 1 aromatic rings. The van der Waals surface area contributed by atoms with Crippen molar-refractivity contribution in [2.45, 2.75) is 26.4 Å². The minimum Gasteiger partial charge on any atom is -0.494 e. The number of nitrogens with one attached hydrogen (secondary N) is 1. The van der Waals surface area contributed by atoms with Crippen molar-refractivity contribution in [3.63, 3.8) is 0 Å². The number of methoxy groups -OCH3 is 1. The first-order valence-electron chi connectivity index (χ1n) is 7.29. The van der Waals surface area contributed by atoms with E-state index in [1.165, 1.54) is 6.92 Å². The van der Waals surface area contributed by atoms with E-state index >= 15 is 0 Å². The Labute approximate surface area is 130 Å². The molecule has 22 heavy (non-hydrogen) atoms. The molecule has 6 heteroatoms. The number of esters is 1. The fourth-order valence-electron chi connectivity index (χ4n) is 1.61. The first kappa shape index (κ1) is 18.0. The van der Waals surface area contributed by atoms with Gasteiger partial charge in [0.15, 0.2) is 6.10 Å². The summed E-state index contributed by atoms with van der Waals surface area (Å²) in [6, 6.07) is 6.64. The maximum atomic E-state index is 11.9. The topological polar surface area (TPSA) is 73.9 Å². The summed E-state index contributed by atoms with van der Waals surface area (Å²) in [5.74, 6) is -0.200. The van der Waals surface area contributed by atoms with Crippen LogP contribution in [0.1, 0.15) is 30.6 Å². The zero-order chi connectivity index (χ0) is 16.4. The average molecular weight is 309 g/mol. The summed E-state index contributed by atoms with van der Waals surface area (Å²) < 4.78 is 15.4. The van der Waals surface area contributed by atoms with Crippen molar-refractivity contribution in [2.75, 3.05) is 26.9 Å². The van der Waals surface area contributed by atoms with E-state index in [0.29, 0.717) is 31.1 Å². The van der Waals surface area contributed by atoms with Crippen LogP contribution < -0.4 is 10.1 Å². The van der Waals surface area contributed by atoms with Crippen molar-refractivity contribution in [1.82, 2.24) is 5.32 Å². The van der Waals surface area contributed by atoms with Gasteiger partial charge in [0, 0.05) is 13.7 Å². The number of hydrogen-bond donors (Lipinski definition) is 1. The SMILES string of the molecule is CCCOc1ccc(C(=O)O[C@H](C)C(=O)NCCOC)cc1. The molecule has 1 rings (SSSR count). The second-order valence-electron chi connectivity index (χ2n) is 4.70. The van der Waals surface area contributed by atoms with Gasteiger partial charge in [0.2, 0.25) is 0 Å². The Kier molecular flexibility index (Phi) is 7.99. The molecule has 0 heterocycles. The van der Waals surface area contributed by atoms with E-state index in [4.69, 9.17) is 14.2 Å². The van der Waals surface area contributed by atoms with Crippen molar-refractivity contribution in [3.05, 3.63) is 29.8 Å². The van der Waals surface area contributed by atoms with Crippen LogP contribution in [0, 0.1) is 0 Å². The molecule has 6 nitrogen and oxygen atoms in total. The Morgan fingerprint density at radius 1 is 1.18 bits per heavy atom. The number of carbonyl (C=O) groups excluding carboxylic acids is 2. The number of benzene rings is 1. The third kappa shape index (κ3) is 6.13. The zero-order valence-corrected chi connectivity index (χ0v) is 13.3. The quantitative estimate of drug-likeness (QED) is 0.556. The van der Waals surface area contributed by atoms with Crippen LogP contribution >= 0.6 is 0 Å². The van der Waals surface area contributed by atoms with Crippen molar-refractivity contribution in [3.8, 4) is 5.75 Å². The monoisotopic (exact) mass is 309 g/mol. The van der Waals surface area contributed by atoms with Crippen LogP contribution in [-0.4, -0.2) is 44.8 Å². The predicted octanol–water partition coefficient (Wildman–Crippen LogP) is 1.78. The molecule has 122 valence electrons. The Balaban J connectivity index is 2.48. The van der Waals surface area contributed by atoms with E-state index in [0.717, 1.165) is 6.42 Å². The van der Waals surface area contributed by atoms with E-state index in [1.54, 1.807) is 31.4 Å². The summed E-state index contributed by atoms with van der Waals surface area (Å²) in [5.41, 5.74) is 0.375. The second kappa shape index (κ2) is 9.78. The van der Waals surface area contributed by atoms with Crippen LogP contribution in [0.5, 0.6) is 5.75 Å². The van der Waals surface area contributed by atoms with Crippen LogP contribution in [0.25, 0.3) is 0 Å². The third-order valence-electron chi connectivity index (χ3n) is 2.82. The number of rotatable bonds is 9. The van der Waals surface area contributed by atoms with E-state index in [1.807, 2.05) is 6.92 Å². The molecule has 1 aromatic carbocycles. The van der Waals surface area contributed by atoms with Gasteiger partial charge in [-0.2, -0.15) is 0 Å². The molecule has 0 saturated heterocycles. The Morgan fingerprint density at radius 3 is 2.45 bits per heavy atom. The lowest BCUT2D eigenvalue weighted by Crippen LogP contribution is -2.37. The summed E-state index contributed by atoms with van der Waals surface area (Å²) >= 11 is 0. The fourth-order valence-corrected chi connectivity index (χ4v) is 1.61. The largest absolute Gasteiger partial charge is 0.494 e.